The van der Waals surface area contributed by atoms with Gasteiger partial charge in [0, 0.05) is 32.2 Å². The number of hydrogen-bond acceptors (Lipinski definition) is 11. The monoisotopic (exact) mass is 479 g/mol. The van der Waals surface area contributed by atoms with Crippen LogP contribution < -0.4 is 20.7 Å². The van der Waals surface area contributed by atoms with Gasteiger partial charge in [0.05, 0.1) is 29.1 Å². The highest BCUT2D eigenvalue weighted by atomic mass is 16.6. The van der Waals surface area contributed by atoms with E-state index in [9.17, 15) is 14.9 Å². The molecule has 1 aliphatic heterocycles. The number of anilines is 3. The van der Waals surface area contributed by atoms with Crippen molar-refractivity contribution in [2.45, 2.75) is 13.3 Å². The van der Waals surface area contributed by atoms with Crippen LogP contribution in [0.4, 0.5) is 23.1 Å². The Balaban J connectivity index is 1.60. The van der Waals surface area contributed by atoms with E-state index in [4.69, 9.17) is 10.5 Å². The van der Waals surface area contributed by atoms with Crippen LogP contribution in [0.15, 0.2) is 36.7 Å². The zero-order chi connectivity index (χ0) is 24.9. The van der Waals surface area contributed by atoms with Gasteiger partial charge in [0.15, 0.2) is 11.5 Å². The normalized spacial score (nSPS) is 13.9. The highest BCUT2D eigenvalue weighted by molar-refractivity contribution is 5.96. The number of nitrogens with one attached hydrogen (secondary N) is 1. The summed E-state index contributed by atoms with van der Waals surface area (Å²) in [5.74, 6) is 0.204. The predicted octanol–water partition coefficient (Wildman–Crippen LogP) is 2.12. The number of amides is 1. The van der Waals surface area contributed by atoms with Crippen LogP contribution in [-0.2, 0) is 6.42 Å². The molecule has 0 spiro atoms. The maximum absolute atomic E-state index is 12.1. The third-order valence-electron chi connectivity index (χ3n) is 5.43. The number of nitro benzene ring substituents is 1. The average molecular weight is 480 g/mol. The Hall–Kier alpha value is -4.39. The van der Waals surface area contributed by atoms with Crippen molar-refractivity contribution in [1.82, 2.24) is 24.8 Å². The second-order valence-electron chi connectivity index (χ2n) is 7.93. The summed E-state index contributed by atoms with van der Waals surface area (Å²) in [6.07, 6.45) is 3.56. The number of carbonyl (C=O) groups excluding carboxylic acids is 1. The molecule has 13 nitrogen and oxygen atoms in total. The molecule has 0 atom stereocenters. The van der Waals surface area contributed by atoms with E-state index in [1.54, 1.807) is 18.5 Å². The quantitative estimate of drug-likeness (QED) is 0.359. The second kappa shape index (κ2) is 10.3. The molecule has 2 aromatic heterocycles. The number of primary amides is 1. The average Bonchev–Trinajstić information content (AvgIpc) is 2.85. The van der Waals surface area contributed by atoms with E-state index in [-0.39, 0.29) is 28.8 Å². The molecule has 1 amide bonds. The van der Waals surface area contributed by atoms with E-state index in [2.05, 4.69) is 42.1 Å². The second-order valence-corrected chi connectivity index (χ2v) is 7.93. The van der Waals surface area contributed by atoms with Crippen molar-refractivity contribution in [3.8, 4) is 11.6 Å². The summed E-state index contributed by atoms with van der Waals surface area (Å²) in [5, 5.41) is 14.1. The van der Waals surface area contributed by atoms with Gasteiger partial charge in [0.1, 0.15) is 11.4 Å². The van der Waals surface area contributed by atoms with Gasteiger partial charge in [0.2, 0.25) is 11.8 Å². The van der Waals surface area contributed by atoms with Gasteiger partial charge in [-0.1, -0.05) is 13.0 Å². The van der Waals surface area contributed by atoms with Crippen LogP contribution in [-0.4, -0.2) is 68.9 Å². The number of piperazine rings is 1. The van der Waals surface area contributed by atoms with Crippen LogP contribution in [0.2, 0.25) is 0 Å². The van der Waals surface area contributed by atoms with Gasteiger partial charge >= 0.3 is 0 Å². The van der Waals surface area contributed by atoms with Crippen LogP contribution in [0.5, 0.6) is 11.6 Å². The fourth-order valence-electron chi connectivity index (χ4n) is 3.49. The summed E-state index contributed by atoms with van der Waals surface area (Å²) in [7, 11) is 2.07. The lowest BCUT2D eigenvalue weighted by Gasteiger charge is -2.32. The van der Waals surface area contributed by atoms with E-state index < -0.39 is 10.8 Å². The maximum Gasteiger partial charge on any atom is 0.273 e. The first kappa shape index (κ1) is 23.8. The molecule has 1 aromatic carbocycles. The van der Waals surface area contributed by atoms with Crippen LogP contribution in [0, 0.1) is 10.1 Å². The minimum Gasteiger partial charge on any atom is -0.437 e. The molecule has 182 valence electrons. The van der Waals surface area contributed by atoms with Crippen molar-refractivity contribution < 1.29 is 14.5 Å². The third-order valence-corrected chi connectivity index (χ3v) is 5.43. The Morgan fingerprint density at radius 3 is 2.54 bits per heavy atom. The maximum atomic E-state index is 12.1. The molecule has 0 bridgehead atoms. The van der Waals surface area contributed by atoms with Crippen molar-refractivity contribution in [3.05, 3.63) is 58.2 Å². The van der Waals surface area contributed by atoms with Gasteiger partial charge < -0.3 is 25.6 Å². The molecule has 0 radical (unpaired) electrons. The van der Waals surface area contributed by atoms with Gasteiger partial charge in [-0.15, -0.1) is 0 Å². The molecule has 1 fully saturated rings. The third kappa shape index (κ3) is 5.58. The molecule has 3 aromatic rings. The molecule has 1 saturated heterocycles. The number of hydrogen-bond donors (Lipinski definition) is 2. The highest BCUT2D eigenvalue weighted by Gasteiger charge is 2.20. The molecule has 35 heavy (non-hydrogen) atoms. The largest absolute Gasteiger partial charge is 0.437 e. The number of nitrogens with two attached hydrogens (primary N) is 1. The number of nitrogens with zero attached hydrogens (tertiary/aromatic N) is 7. The summed E-state index contributed by atoms with van der Waals surface area (Å²) in [4.78, 5) is 44.6. The van der Waals surface area contributed by atoms with Crippen LogP contribution >= 0.6 is 0 Å². The lowest BCUT2D eigenvalue weighted by Crippen LogP contribution is -2.45. The summed E-state index contributed by atoms with van der Waals surface area (Å²) in [6, 6.07) is 5.70. The van der Waals surface area contributed by atoms with Gasteiger partial charge in [0.25, 0.3) is 11.6 Å². The molecule has 4 rings (SSSR count). The van der Waals surface area contributed by atoms with Gasteiger partial charge in [-0.05, 0) is 19.5 Å². The zero-order valence-corrected chi connectivity index (χ0v) is 19.3. The van der Waals surface area contributed by atoms with E-state index in [0.29, 0.717) is 23.8 Å². The Morgan fingerprint density at radius 1 is 1.20 bits per heavy atom. The van der Waals surface area contributed by atoms with Crippen molar-refractivity contribution in [1.29, 1.82) is 0 Å². The summed E-state index contributed by atoms with van der Waals surface area (Å²) >= 11 is 0. The van der Waals surface area contributed by atoms with Gasteiger partial charge in [-0.3, -0.25) is 14.9 Å². The summed E-state index contributed by atoms with van der Waals surface area (Å²) in [6.45, 7) is 5.33. The standard InChI is InChI=1S/C22H25N9O4/c1-3-17-21(35-16-6-4-5-15(11-16)31(33)34)28-20(18(27-17)19(23)32)26-14-12-24-22(25-13-14)30-9-7-29(2)8-10-30/h4-6,11-13H,3,7-10H2,1-2H3,(H2,23,32)(H,26,28). The Morgan fingerprint density at radius 2 is 1.91 bits per heavy atom. The zero-order valence-electron chi connectivity index (χ0n) is 19.3. The van der Waals surface area contributed by atoms with E-state index in [0.717, 1.165) is 26.2 Å². The number of benzene rings is 1. The number of likely N-dealkylation sites (N-methyl/N-ethyl adjacent to an activating group) is 1. The lowest BCUT2D eigenvalue weighted by atomic mass is 10.3. The van der Waals surface area contributed by atoms with Crippen LogP contribution in [0.3, 0.4) is 0 Å². The number of carbonyl (C=O) groups is 1. The minimum atomic E-state index is -0.772. The SMILES string of the molecule is CCc1nc(C(N)=O)c(Nc2cnc(N3CCN(C)CC3)nc2)nc1Oc1cccc([N+](=O)[O-])c1. The Bertz CT molecular complexity index is 1230. The lowest BCUT2D eigenvalue weighted by molar-refractivity contribution is -0.384. The summed E-state index contributed by atoms with van der Waals surface area (Å²) < 4.78 is 5.80. The number of aryl methyl sites for hydroxylation is 1. The Kier molecular flexibility index (Phi) is 6.96. The molecule has 3 N–H and O–H groups in total. The minimum absolute atomic E-state index is 0.0612. The van der Waals surface area contributed by atoms with Crippen LogP contribution in [0.25, 0.3) is 0 Å². The number of ether oxygens (including phenoxy) is 1. The first-order chi connectivity index (χ1) is 16.8. The molecule has 13 heteroatoms. The van der Waals surface area contributed by atoms with Crippen LogP contribution in [0.1, 0.15) is 23.1 Å². The fourth-order valence-corrected chi connectivity index (χ4v) is 3.49. The van der Waals surface area contributed by atoms with Gasteiger partial charge in [-0.25, -0.2) is 15.0 Å². The van der Waals surface area contributed by atoms with Crippen molar-refractivity contribution in [3.63, 3.8) is 0 Å². The number of aromatic nitrogens is 4. The number of rotatable bonds is 8. The molecular formula is C22H25N9O4. The fraction of sp³-hybridized carbons (Fsp3) is 0.318. The molecule has 0 aliphatic carbocycles. The predicted molar refractivity (Wildman–Crippen MR) is 128 cm³/mol. The van der Waals surface area contributed by atoms with E-state index in [1.807, 2.05) is 6.92 Å². The molecule has 0 unspecified atom stereocenters. The topological polar surface area (TPSA) is 166 Å². The number of non-ortho nitro benzene ring substituents is 1. The molecule has 0 saturated carbocycles. The number of nitro groups is 1. The molecule has 1 aliphatic rings. The van der Waals surface area contributed by atoms with Crippen molar-refractivity contribution >= 4 is 29.0 Å². The summed E-state index contributed by atoms with van der Waals surface area (Å²) in [5.41, 5.74) is 6.19. The molecule has 3 heterocycles. The highest BCUT2D eigenvalue weighted by Crippen LogP contribution is 2.29. The smallest absolute Gasteiger partial charge is 0.273 e. The Labute approximate surface area is 201 Å². The first-order valence-corrected chi connectivity index (χ1v) is 11.0. The van der Waals surface area contributed by atoms with E-state index in [1.165, 1.54) is 18.2 Å². The molecular weight excluding hydrogens is 454 g/mol. The van der Waals surface area contributed by atoms with Gasteiger partial charge in [-0.2, -0.15) is 4.98 Å². The van der Waals surface area contributed by atoms with E-state index >= 15 is 0 Å². The van der Waals surface area contributed by atoms with Crippen molar-refractivity contribution in [2.75, 3.05) is 43.4 Å². The van der Waals surface area contributed by atoms with Crippen molar-refractivity contribution in [2.24, 2.45) is 5.73 Å². The first-order valence-electron chi connectivity index (χ1n) is 11.0.